The maximum Gasteiger partial charge on any atom is 0.239 e. The number of fused-ring (bicyclic) bond motifs is 1. The third-order valence-corrected chi connectivity index (χ3v) is 3.12. The molecular formula is C13H16ClN3O2. The van der Waals surface area contributed by atoms with E-state index < -0.39 is 0 Å². The quantitative estimate of drug-likeness (QED) is 0.847. The molecule has 0 aliphatic rings. The van der Waals surface area contributed by atoms with E-state index in [2.05, 4.69) is 10.3 Å². The minimum atomic E-state index is -0.0639. The summed E-state index contributed by atoms with van der Waals surface area (Å²) < 4.78 is 7.06. The fourth-order valence-corrected chi connectivity index (χ4v) is 2.13. The number of hydrogen-bond donors (Lipinski definition) is 1. The van der Waals surface area contributed by atoms with Gasteiger partial charge in [0, 0.05) is 25.4 Å². The van der Waals surface area contributed by atoms with Crippen molar-refractivity contribution >= 4 is 28.5 Å². The molecule has 19 heavy (non-hydrogen) atoms. The standard InChI is InChI=1S/C13H16ClN3O2/c1-15-13(18)8-17-11-4-3-9(19-2)7-10(11)16-12(17)5-6-14/h3-4,7H,5-6,8H2,1-2H3,(H,15,18). The number of hydrogen-bond acceptors (Lipinski definition) is 3. The summed E-state index contributed by atoms with van der Waals surface area (Å²) in [6, 6.07) is 5.62. The van der Waals surface area contributed by atoms with Gasteiger partial charge in [0.15, 0.2) is 0 Å². The average Bonchev–Trinajstić information content (AvgIpc) is 2.76. The second-order valence-corrected chi connectivity index (χ2v) is 4.46. The Morgan fingerprint density at radius 3 is 2.95 bits per heavy atom. The van der Waals surface area contributed by atoms with E-state index in [0.717, 1.165) is 22.6 Å². The Labute approximate surface area is 116 Å². The molecule has 102 valence electrons. The van der Waals surface area contributed by atoms with E-state index in [1.807, 2.05) is 22.8 Å². The number of halogens is 1. The number of amides is 1. The second kappa shape index (κ2) is 5.93. The van der Waals surface area contributed by atoms with Crippen molar-refractivity contribution in [1.82, 2.24) is 14.9 Å². The zero-order chi connectivity index (χ0) is 13.8. The molecular weight excluding hydrogens is 266 g/mol. The number of aryl methyl sites for hydroxylation is 1. The third kappa shape index (κ3) is 2.81. The van der Waals surface area contributed by atoms with Crippen molar-refractivity contribution in [3.05, 3.63) is 24.0 Å². The number of benzene rings is 1. The van der Waals surface area contributed by atoms with Gasteiger partial charge in [0.05, 0.1) is 18.1 Å². The molecule has 0 bridgehead atoms. The zero-order valence-corrected chi connectivity index (χ0v) is 11.7. The van der Waals surface area contributed by atoms with Gasteiger partial charge in [-0.3, -0.25) is 4.79 Å². The lowest BCUT2D eigenvalue weighted by Crippen LogP contribution is -2.24. The van der Waals surface area contributed by atoms with Gasteiger partial charge >= 0.3 is 0 Å². The Balaban J connectivity index is 2.50. The molecule has 0 aliphatic carbocycles. The molecule has 1 aromatic heterocycles. The molecule has 0 aliphatic heterocycles. The smallest absolute Gasteiger partial charge is 0.239 e. The highest BCUT2D eigenvalue weighted by molar-refractivity contribution is 6.17. The van der Waals surface area contributed by atoms with Crippen LogP contribution < -0.4 is 10.1 Å². The van der Waals surface area contributed by atoms with Gasteiger partial charge in [-0.05, 0) is 12.1 Å². The van der Waals surface area contributed by atoms with Crippen LogP contribution in [-0.4, -0.2) is 35.5 Å². The highest BCUT2D eigenvalue weighted by Gasteiger charge is 2.13. The molecule has 2 aromatic rings. The number of ether oxygens (including phenoxy) is 1. The van der Waals surface area contributed by atoms with Crippen molar-refractivity contribution in [1.29, 1.82) is 0 Å². The first kappa shape index (κ1) is 13.7. The Hall–Kier alpha value is -1.75. The summed E-state index contributed by atoms with van der Waals surface area (Å²) in [5, 5.41) is 2.61. The highest BCUT2D eigenvalue weighted by Crippen LogP contribution is 2.22. The van der Waals surface area contributed by atoms with E-state index in [9.17, 15) is 4.79 Å². The van der Waals surface area contributed by atoms with Crippen LogP contribution in [0.5, 0.6) is 5.75 Å². The zero-order valence-electron chi connectivity index (χ0n) is 10.9. The number of carbonyl (C=O) groups is 1. The normalized spacial score (nSPS) is 10.7. The van der Waals surface area contributed by atoms with Gasteiger partial charge < -0.3 is 14.6 Å². The van der Waals surface area contributed by atoms with E-state index in [1.165, 1.54) is 0 Å². The number of imidazole rings is 1. The summed E-state index contributed by atoms with van der Waals surface area (Å²) >= 11 is 5.79. The largest absolute Gasteiger partial charge is 0.497 e. The van der Waals surface area contributed by atoms with Gasteiger partial charge in [-0.25, -0.2) is 4.98 Å². The van der Waals surface area contributed by atoms with Gasteiger partial charge in [0.1, 0.15) is 18.1 Å². The molecule has 0 spiro atoms. The number of alkyl halides is 1. The molecule has 0 saturated heterocycles. The fraction of sp³-hybridized carbons (Fsp3) is 0.385. The minimum Gasteiger partial charge on any atom is -0.497 e. The molecule has 0 saturated carbocycles. The number of rotatable bonds is 5. The van der Waals surface area contributed by atoms with Crippen molar-refractivity contribution in [3.63, 3.8) is 0 Å². The first-order valence-corrected chi connectivity index (χ1v) is 6.52. The second-order valence-electron chi connectivity index (χ2n) is 4.08. The van der Waals surface area contributed by atoms with Crippen molar-refractivity contribution in [3.8, 4) is 5.75 Å². The van der Waals surface area contributed by atoms with E-state index in [0.29, 0.717) is 12.3 Å². The summed E-state index contributed by atoms with van der Waals surface area (Å²) in [4.78, 5) is 16.1. The number of methoxy groups -OCH3 is 1. The molecule has 1 aromatic carbocycles. The lowest BCUT2D eigenvalue weighted by molar-refractivity contribution is -0.121. The SMILES string of the molecule is CNC(=O)Cn1c(CCCl)nc2cc(OC)ccc21. The lowest BCUT2D eigenvalue weighted by Gasteiger charge is -2.07. The molecule has 0 fully saturated rings. The molecule has 6 heteroatoms. The first-order chi connectivity index (χ1) is 9.19. The van der Waals surface area contributed by atoms with Crippen LogP contribution in [0.25, 0.3) is 11.0 Å². The van der Waals surface area contributed by atoms with E-state index in [4.69, 9.17) is 16.3 Å². The number of carbonyl (C=O) groups excluding carboxylic acids is 1. The molecule has 1 N–H and O–H groups in total. The average molecular weight is 282 g/mol. The van der Waals surface area contributed by atoms with Gasteiger partial charge in [-0.2, -0.15) is 0 Å². The van der Waals surface area contributed by atoms with Crippen LogP contribution in [0.1, 0.15) is 5.82 Å². The number of aromatic nitrogens is 2. The van der Waals surface area contributed by atoms with Crippen molar-refractivity contribution in [2.24, 2.45) is 0 Å². The third-order valence-electron chi connectivity index (χ3n) is 2.93. The van der Waals surface area contributed by atoms with Crippen LogP contribution in [0.15, 0.2) is 18.2 Å². The van der Waals surface area contributed by atoms with Crippen LogP contribution in [0.4, 0.5) is 0 Å². The van der Waals surface area contributed by atoms with Gasteiger partial charge in [-0.15, -0.1) is 11.6 Å². The summed E-state index contributed by atoms with van der Waals surface area (Å²) in [5.41, 5.74) is 1.72. The van der Waals surface area contributed by atoms with Crippen LogP contribution in [0.2, 0.25) is 0 Å². The maximum absolute atomic E-state index is 11.6. The van der Waals surface area contributed by atoms with Gasteiger partial charge in [-0.1, -0.05) is 0 Å². The molecule has 1 heterocycles. The summed E-state index contributed by atoms with van der Waals surface area (Å²) in [7, 11) is 3.23. The van der Waals surface area contributed by atoms with Gasteiger partial charge in [0.2, 0.25) is 5.91 Å². The lowest BCUT2D eigenvalue weighted by atomic mass is 10.3. The Kier molecular flexibility index (Phi) is 4.27. The molecule has 1 amide bonds. The van der Waals surface area contributed by atoms with Crippen molar-refractivity contribution in [2.45, 2.75) is 13.0 Å². The van der Waals surface area contributed by atoms with E-state index >= 15 is 0 Å². The molecule has 0 radical (unpaired) electrons. The minimum absolute atomic E-state index is 0.0639. The Morgan fingerprint density at radius 2 is 2.32 bits per heavy atom. The topological polar surface area (TPSA) is 56.2 Å². The number of nitrogens with one attached hydrogen (secondary N) is 1. The van der Waals surface area contributed by atoms with Crippen LogP contribution in [0, 0.1) is 0 Å². The summed E-state index contributed by atoms with van der Waals surface area (Å²) in [6.07, 6.45) is 0.621. The maximum atomic E-state index is 11.6. The molecule has 0 unspecified atom stereocenters. The highest BCUT2D eigenvalue weighted by atomic mass is 35.5. The Bertz CT molecular complexity index is 595. The monoisotopic (exact) mass is 281 g/mol. The first-order valence-electron chi connectivity index (χ1n) is 5.99. The Morgan fingerprint density at radius 1 is 1.53 bits per heavy atom. The van der Waals surface area contributed by atoms with Gasteiger partial charge in [0.25, 0.3) is 0 Å². The predicted molar refractivity (Wildman–Crippen MR) is 74.8 cm³/mol. The molecule has 2 rings (SSSR count). The van der Waals surface area contributed by atoms with Crippen LogP contribution in [0.3, 0.4) is 0 Å². The number of likely N-dealkylation sites (N-methyl/N-ethyl adjacent to an activating group) is 1. The predicted octanol–water partition coefficient (Wildman–Crippen LogP) is 1.57. The van der Waals surface area contributed by atoms with Crippen molar-refractivity contribution in [2.75, 3.05) is 20.0 Å². The fourth-order valence-electron chi connectivity index (χ4n) is 1.96. The molecule has 0 atom stereocenters. The van der Waals surface area contributed by atoms with Crippen molar-refractivity contribution < 1.29 is 9.53 Å². The van der Waals surface area contributed by atoms with Crippen LogP contribution >= 0.6 is 11.6 Å². The summed E-state index contributed by atoms with van der Waals surface area (Å²) in [6.45, 7) is 0.242. The van der Waals surface area contributed by atoms with Crippen LogP contribution in [-0.2, 0) is 17.8 Å². The number of nitrogens with zero attached hydrogens (tertiary/aromatic N) is 2. The van der Waals surface area contributed by atoms with E-state index in [-0.39, 0.29) is 12.5 Å². The summed E-state index contributed by atoms with van der Waals surface area (Å²) in [5.74, 6) is 1.95. The molecule has 5 nitrogen and oxygen atoms in total. The van der Waals surface area contributed by atoms with E-state index in [1.54, 1.807) is 14.2 Å².